The minimum absolute atomic E-state index is 0.107. The minimum Gasteiger partial charge on any atom is -0.393 e. The zero-order chi connectivity index (χ0) is 10.1. The summed E-state index contributed by atoms with van der Waals surface area (Å²) in [7, 11) is -3.15. The van der Waals surface area contributed by atoms with E-state index in [9.17, 15) is 18.0 Å². The second kappa shape index (κ2) is 2.18. The van der Waals surface area contributed by atoms with Crippen molar-refractivity contribution in [3.63, 3.8) is 0 Å². The molecule has 6 heteroatoms. The monoisotopic (exact) mass is 216 g/mol. The Bertz CT molecular complexity index is 437. The molecule has 2 aliphatic heterocycles. The second-order valence-electron chi connectivity index (χ2n) is 4.08. The molecule has 2 heterocycles. The van der Waals surface area contributed by atoms with Crippen LogP contribution in [0.15, 0.2) is 0 Å². The number of hydrogen-bond acceptors (Lipinski definition) is 5. The van der Waals surface area contributed by atoms with Gasteiger partial charge in [-0.1, -0.05) is 0 Å². The summed E-state index contributed by atoms with van der Waals surface area (Å²) in [5, 5.41) is -0.633. The summed E-state index contributed by atoms with van der Waals surface area (Å²) in [6.07, 6.45) is 0.497. The van der Waals surface area contributed by atoms with Crippen LogP contribution in [-0.4, -0.2) is 31.4 Å². The summed E-state index contributed by atoms with van der Waals surface area (Å²) in [6, 6.07) is 0. The maximum absolute atomic E-state index is 11.5. The van der Waals surface area contributed by atoms with Gasteiger partial charge in [-0.3, -0.25) is 9.59 Å². The van der Waals surface area contributed by atoms with Gasteiger partial charge in [0.25, 0.3) is 0 Å². The van der Waals surface area contributed by atoms with E-state index < -0.39 is 38.9 Å². The fourth-order valence-electron chi connectivity index (χ4n) is 2.90. The van der Waals surface area contributed by atoms with Crippen LogP contribution < -0.4 is 0 Å². The van der Waals surface area contributed by atoms with E-state index in [1.807, 2.05) is 0 Å². The van der Waals surface area contributed by atoms with Crippen molar-refractivity contribution in [2.45, 2.75) is 11.7 Å². The molecule has 0 spiro atoms. The predicted octanol–water partition coefficient (Wildman–Crippen LogP) is -0.881. The Morgan fingerprint density at radius 3 is 2.50 bits per heavy atom. The maximum Gasteiger partial charge on any atom is 0.318 e. The van der Waals surface area contributed by atoms with E-state index in [-0.39, 0.29) is 11.7 Å². The van der Waals surface area contributed by atoms with Gasteiger partial charge >= 0.3 is 11.9 Å². The molecular weight excluding hydrogens is 208 g/mol. The van der Waals surface area contributed by atoms with Gasteiger partial charge in [0.15, 0.2) is 9.84 Å². The van der Waals surface area contributed by atoms with Crippen molar-refractivity contribution in [1.82, 2.24) is 0 Å². The third-order valence-corrected chi connectivity index (χ3v) is 5.80. The van der Waals surface area contributed by atoms with Gasteiger partial charge < -0.3 is 4.74 Å². The third-order valence-electron chi connectivity index (χ3n) is 3.52. The molecule has 14 heavy (non-hydrogen) atoms. The van der Waals surface area contributed by atoms with E-state index in [2.05, 4.69) is 4.74 Å². The average molecular weight is 216 g/mol. The third kappa shape index (κ3) is 0.739. The lowest BCUT2D eigenvalue weighted by atomic mass is 9.65. The maximum atomic E-state index is 11.5. The molecule has 1 aliphatic carbocycles. The lowest BCUT2D eigenvalue weighted by Crippen LogP contribution is -2.52. The van der Waals surface area contributed by atoms with Gasteiger partial charge in [0.1, 0.15) is 0 Å². The standard InChI is InChI=1S/C8H8O5S/c9-7-4-3-1-2-14(11,12)6(3)5(4)8(10)13-7/h3-6H,1-2H2/t3-,4-,5-,6-/m1/s1. The number of sulfone groups is 1. The van der Waals surface area contributed by atoms with Crippen molar-refractivity contribution in [2.24, 2.45) is 17.8 Å². The number of carbonyl (C=O) groups is 2. The number of carbonyl (C=O) groups excluding carboxylic acids is 2. The molecule has 3 rings (SSSR count). The number of fused-ring (bicyclic) bond motifs is 4. The van der Waals surface area contributed by atoms with Gasteiger partial charge in [0, 0.05) is 0 Å². The van der Waals surface area contributed by atoms with Crippen LogP contribution in [0.2, 0.25) is 0 Å². The molecule has 76 valence electrons. The Labute approximate surface area is 80.3 Å². The molecule has 0 radical (unpaired) electrons. The molecule has 4 atom stereocenters. The van der Waals surface area contributed by atoms with Gasteiger partial charge in [-0.15, -0.1) is 0 Å². The van der Waals surface area contributed by atoms with E-state index in [4.69, 9.17) is 0 Å². The molecule has 0 aromatic heterocycles. The highest BCUT2D eigenvalue weighted by Gasteiger charge is 2.69. The van der Waals surface area contributed by atoms with Gasteiger partial charge in [0.2, 0.25) is 0 Å². The minimum atomic E-state index is -3.15. The van der Waals surface area contributed by atoms with Crippen molar-refractivity contribution in [3.8, 4) is 0 Å². The molecule has 5 nitrogen and oxygen atoms in total. The van der Waals surface area contributed by atoms with E-state index in [1.165, 1.54) is 0 Å². The largest absolute Gasteiger partial charge is 0.393 e. The Balaban J connectivity index is 2.05. The molecule has 2 saturated heterocycles. The van der Waals surface area contributed by atoms with Crippen molar-refractivity contribution < 1.29 is 22.7 Å². The highest BCUT2D eigenvalue weighted by Crippen LogP contribution is 2.55. The highest BCUT2D eigenvalue weighted by atomic mass is 32.2. The van der Waals surface area contributed by atoms with Crippen LogP contribution in [0.1, 0.15) is 6.42 Å². The SMILES string of the molecule is O=C1OC(=O)[C@@H]2[C@H]1[C@H]1CCS(=O)(=O)[C@H]12. The first-order chi connectivity index (χ1) is 6.52. The zero-order valence-corrected chi connectivity index (χ0v) is 7.99. The predicted molar refractivity (Wildman–Crippen MR) is 43.8 cm³/mol. The summed E-state index contributed by atoms with van der Waals surface area (Å²) >= 11 is 0. The molecule has 1 saturated carbocycles. The van der Waals surface area contributed by atoms with Crippen LogP contribution in [0.25, 0.3) is 0 Å². The second-order valence-corrected chi connectivity index (χ2v) is 6.35. The van der Waals surface area contributed by atoms with Crippen molar-refractivity contribution in [3.05, 3.63) is 0 Å². The fourth-order valence-corrected chi connectivity index (χ4v) is 5.34. The van der Waals surface area contributed by atoms with Crippen LogP contribution in [0.3, 0.4) is 0 Å². The van der Waals surface area contributed by atoms with Crippen LogP contribution >= 0.6 is 0 Å². The van der Waals surface area contributed by atoms with Crippen LogP contribution in [0.5, 0.6) is 0 Å². The number of hydrogen-bond donors (Lipinski definition) is 0. The Morgan fingerprint density at radius 2 is 1.79 bits per heavy atom. The molecule has 0 aromatic carbocycles. The van der Waals surface area contributed by atoms with Gasteiger partial charge in [-0.2, -0.15) is 0 Å². The molecule has 0 N–H and O–H groups in total. The Hall–Kier alpha value is -0.910. The highest BCUT2D eigenvalue weighted by molar-refractivity contribution is 7.92. The average Bonchev–Trinajstić information content (AvgIpc) is 2.32. The van der Waals surface area contributed by atoms with Crippen LogP contribution in [0.4, 0.5) is 0 Å². The number of rotatable bonds is 0. The Morgan fingerprint density at radius 1 is 1.14 bits per heavy atom. The summed E-state index contributed by atoms with van der Waals surface area (Å²) < 4.78 is 27.4. The molecule has 3 aliphatic rings. The smallest absolute Gasteiger partial charge is 0.318 e. The first kappa shape index (κ1) is 8.40. The molecular formula is C8H8O5S. The summed E-state index contributed by atoms with van der Waals surface area (Å²) in [6.45, 7) is 0. The Kier molecular flexibility index (Phi) is 1.31. The molecule has 3 fully saturated rings. The molecule has 0 amide bonds. The van der Waals surface area contributed by atoms with E-state index in [0.717, 1.165) is 0 Å². The van der Waals surface area contributed by atoms with Crippen molar-refractivity contribution >= 4 is 21.8 Å². The van der Waals surface area contributed by atoms with E-state index >= 15 is 0 Å². The first-order valence-corrected chi connectivity index (χ1v) is 6.21. The zero-order valence-electron chi connectivity index (χ0n) is 7.17. The normalized spacial score (nSPS) is 48.0. The van der Waals surface area contributed by atoms with Crippen LogP contribution in [0, 0.1) is 17.8 Å². The number of ether oxygens (including phenoxy) is 1. The topological polar surface area (TPSA) is 77.5 Å². The quantitative estimate of drug-likeness (QED) is 0.388. The summed E-state index contributed by atoms with van der Waals surface area (Å²) in [5.74, 6) is -2.39. The first-order valence-electron chi connectivity index (χ1n) is 4.49. The summed E-state index contributed by atoms with van der Waals surface area (Å²) in [5.41, 5.74) is 0. The van der Waals surface area contributed by atoms with Gasteiger partial charge in [-0.05, 0) is 12.3 Å². The lowest BCUT2D eigenvalue weighted by molar-refractivity contribution is -0.153. The number of cyclic esters (lactones) is 2. The molecule has 0 aromatic rings. The number of esters is 2. The molecule has 0 unspecified atom stereocenters. The fraction of sp³-hybridized carbons (Fsp3) is 0.750. The van der Waals surface area contributed by atoms with Crippen molar-refractivity contribution in [1.29, 1.82) is 0 Å². The molecule has 0 bridgehead atoms. The van der Waals surface area contributed by atoms with E-state index in [1.54, 1.807) is 0 Å². The summed E-state index contributed by atoms with van der Waals surface area (Å²) in [4.78, 5) is 22.3. The lowest BCUT2D eigenvalue weighted by Gasteiger charge is -2.37. The van der Waals surface area contributed by atoms with Gasteiger partial charge in [-0.25, -0.2) is 8.42 Å². The van der Waals surface area contributed by atoms with Crippen molar-refractivity contribution in [2.75, 3.05) is 5.75 Å². The van der Waals surface area contributed by atoms with E-state index in [0.29, 0.717) is 6.42 Å². The van der Waals surface area contributed by atoms with Gasteiger partial charge in [0.05, 0.1) is 22.8 Å². The van der Waals surface area contributed by atoms with Crippen LogP contribution in [-0.2, 0) is 24.2 Å².